The average molecular weight is 291 g/mol. The molecule has 1 unspecified atom stereocenters. The number of halogens is 1. The lowest BCUT2D eigenvalue weighted by atomic mass is 9.93. The van der Waals surface area contributed by atoms with Crippen molar-refractivity contribution in [3.63, 3.8) is 0 Å². The number of fused-ring (bicyclic) bond motifs is 1. The first kappa shape index (κ1) is 13.4. The number of benzene rings is 1. The lowest BCUT2D eigenvalue weighted by molar-refractivity contribution is 0.461. The van der Waals surface area contributed by atoms with Crippen LogP contribution in [0, 0.1) is 0 Å². The maximum absolute atomic E-state index is 6.32. The molecule has 0 radical (unpaired) electrons. The summed E-state index contributed by atoms with van der Waals surface area (Å²) in [6, 6.07) is 8.51. The molecule has 1 N–H and O–H groups in total. The largest absolute Gasteiger partial charge is 0.469 e. The van der Waals surface area contributed by atoms with Gasteiger partial charge in [0.05, 0.1) is 23.0 Å². The van der Waals surface area contributed by atoms with E-state index in [0.29, 0.717) is 6.04 Å². The van der Waals surface area contributed by atoms with Crippen LogP contribution in [-0.4, -0.2) is 14.1 Å². The van der Waals surface area contributed by atoms with E-state index < -0.39 is 0 Å². The fraction of sp³-hybridized carbons (Fsp3) is 0.375. The molecule has 3 rings (SSSR count). The number of aryl methyl sites for hydroxylation is 1. The van der Waals surface area contributed by atoms with Gasteiger partial charge in [-0.2, -0.15) is 0 Å². The maximum atomic E-state index is 6.32. The highest BCUT2D eigenvalue weighted by molar-refractivity contribution is 6.33. The summed E-state index contributed by atoms with van der Waals surface area (Å²) in [4.78, 5) is 2.01. The predicted molar refractivity (Wildman–Crippen MR) is 83.8 cm³/mol. The van der Waals surface area contributed by atoms with Gasteiger partial charge in [-0.25, -0.2) is 0 Å². The van der Waals surface area contributed by atoms with Crippen LogP contribution in [0.25, 0.3) is 0 Å². The number of hydrogen-bond acceptors (Lipinski definition) is 3. The van der Waals surface area contributed by atoms with Crippen LogP contribution in [0.15, 0.2) is 34.9 Å². The van der Waals surface area contributed by atoms with Crippen LogP contribution < -0.4 is 10.2 Å². The Morgan fingerprint density at radius 3 is 2.90 bits per heavy atom. The Hall–Kier alpha value is -1.61. The first-order chi connectivity index (χ1) is 9.65. The van der Waals surface area contributed by atoms with Crippen molar-refractivity contribution in [3.05, 3.63) is 46.9 Å². The zero-order valence-corrected chi connectivity index (χ0v) is 12.6. The Balaban J connectivity index is 1.81. The second-order valence-corrected chi connectivity index (χ2v) is 5.86. The van der Waals surface area contributed by atoms with Gasteiger partial charge in [-0.15, -0.1) is 0 Å². The highest BCUT2D eigenvalue weighted by Gasteiger charge is 2.22. The van der Waals surface area contributed by atoms with E-state index in [1.807, 2.05) is 31.1 Å². The highest BCUT2D eigenvalue weighted by Crippen LogP contribution is 2.35. The van der Waals surface area contributed by atoms with E-state index in [-0.39, 0.29) is 0 Å². The summed E-state index contributed by atoms with van der Waals surface area (Å²) in [7, 11) is 3.99. The first-order valence-corrected chi connectivity index (χ1v) is 7.32. The molecule has 2 aromatic rings. The van der Waals surface area contributed by atoms with Gasteiger partial charge in [0.2, 0.25) is 0 Å². The minimum absolute atomic E-state index is 0.318. The van der Waals surface area contributed by atoms with Gasteiger partial charge in [0.1, 0.15) is 5.76 Å². The summed E-state index contributed by atoms with van der Waals surface area (Å²) in [6.45, 7) is 0. The summed E-state index contributed by atoms with van der Waals surface area (Å²) in [5.74, 6) is 1.12. The fourth-order valence-corrected chi connectivity index (χ4v) is 3.15. The third-order valence-corrected chi connectivity index (χ3v) is 4.13. The molecule has 0 saturated carbocycles. The zero-order valence-electron chi connectivity index (χ0n) is 11.8. The summed E-state index contributed by atoms with van der Waals surface area (Å²) in [6.07, 6.45) is 5.11. The van der Waals surface area contributed by atoms with Gasteiger partial charge in [-0.05, 0) is 37.1 Å². The van der Waals surface area contributed by atoms with E-state index in [2.05, 4.69) is 17.4 Å². The van der Waals surface area contributed by atoms with Crippen molar-refractivity contribution in [2.45, 2.75) is 25.3 Å². The van der Waals surface area contributed by atoms with Crippen LogP contribution in [0.4, 0.5) is 11.4 Å². The molecule has 1 atom stereocenters. The number of anilines is 2. The van der Waals surface area contributed by atoms with Gasteiger partial charge in [-0.1, -0.05) is 11.6 Å². The molecule has 0 fully saturated rings. The monoisotopic (exact) mass is 290 g/mol. The molecule has 1 aromatic heterocycles. The van der Waals surface area contributed by atoms with Crippen LogP contribution >= 0.6 is 11.6 Å². The van der Waals surface area contributed by atoms with Gasteiger partial charge >= 0.3 is 0 Å². The second kappa shape index (κ2) is 5.41. The van der Waals surface area contributed by atoms with Crippen LogP contribution in [0.5, 0.6) is 0 Å². The molecule has 0 saturated heterocycles. The maximum Gasteiger partial charge on any atom is 0.109 e. The van der Waals surface area contributed by atoms with Crippen LogP contribution in [0.1, 0.15) is 30.2 Å². The third kappa shape index (κ3) is 2.50. The minimum atomic E-state index is 0.318. The third-order valence-electron chi connectivity index (χ3n) is 3.82. The summed E-state index contributed by atoms with van der Waals surface area (Å²) in [5, 5.41) is 4.33. The molecule has 1 aliphatic carbocycles. The van der Waals surface area contributed by atoms with E-state index in [9.17, 15) is 0 Å². The lowest BCUT2D eigenvalue weighted by Crippen LogP contribution is -2.16. The lowest BCUT2D eigenvalue weighted by Gasteiger charge is -2.24. The topological polar surface area (TPSA) is 28.4 Å². The smallest absolute Gasteiger partial charge is 0.109 e. The van der Waals surface area contributed by atoms with Crippen molar-refractivity contribution in [2.75, 3.05) is 24.3 Å². The molecular formula is C16H19ClN2O. The van der Waals surface area contributed by atoms with Crippen molar-refractivity contribution >= 4 is 23.0 Å². The normalized spacial score (nSPS) is 17.6. The number of nitrogens with one attached hydrogen (secondary N) is 1. The standard InChI is InChI=1S/C16H19ClN2O/c1-19(2)15-7-6-11(10-13(15)17)18-14-4-3-5-16-12(14)8-9-20-16/h6-10,14,18H,3-5H2,1-2H3. The van der Waals surface area contributed by atoms with Gasteiger partial charge in [0.15, 0.2) is 0 Å². The molecule has 0 spiro atoms. The van der Waals surface area contributed by atoms with E-state index in [0.717, 1.165) is 41.4 Å². The molecule has 1 aliphatic rings. The minimum Gasteiger partial charge on any atom is -0.469 e. The van der Waals surface area contributed by atoms with Crippen LogP contribution in [-0.2, 0) is 6.42 Å². The Bertz CT molecular complexity index is 606. The van der Waals surface area contributed by atoms with Crippen LogP contribution in [0.3, 0.4) is 0 Å². The van der Waals surface area contributed by atoms with Crippen molar-refractivity contribution in [3.8, 4) is 0 Å². The Labute approximate surface area is 124 Å². The SMILES string of the molecule is CN(C)c1ccc(NC2CCCc3occc32)cc1Cl. The molecule has 106 valence electrons. The second-order valence-electron chi connectivity index (χ2n) is 5.45. The molecule has 1 aromatic carbocycles. The van der Waals surface area contributed by atoms with Gasteiger partial charge in [0.25, 0.3) is 0 Å². The molecule has 0 aliphatic heterocycles. The van der Waals surface area contributed by atoms with E-state index in [1.165, 1.54) is 5.56 Å². The van der Waals surface area contributed by atoms with Gasteiger partial charge < -0.3 is 14.6 Å². The number of hydrogen-bond donors (Lipinski definition) is 1. The van der Waals surface area contributed by atoms with Crippen LogP contribution in [0.2, 0.25) is 5.02 Å². The Kier molecular flexibility index (Phi) is 3.62. The van der Waals surface area contributed by atoms with Crippen molar-refractivity contribution in [2.24, 2.45) is 0 Å². The summed E-state index contributed by atoms with van der Waals surface area (Å²) < 4.78 is 5.53. The number of nitrogens with zero attached hydrogens (tertiary/aromatic N) is 1. The average Bonchev–Trinajstić information content (AvgIpc) is 2.87. The highest BCUT2D eigenvalue weighted by atomic mass is 35.5. The van der Waals surface area contributed by atoms with E-state index >= 15 is 0 Å². The van der Waals surface area contributed by atoms with Crippen molar-refractivity contribution in [1.29, 1.82) is 0 Å². The molecule has 0 bridgehead atoms. The first-order valence-electron chi connectivity index (χ1n) is 6.95. The Morgan fingerprint density at radius 2 is 2.15 bits per heavy atom. The van der Waals surface area contributed by atoms with Gasteiger partial charge in [0, 0.05) is 31.8 Å². The molecule has 0 amide bonds. The van der Waals surface area contributed by atoms with E-state index in [4.69, 9.17) is 16.0 Å². The summed E-state index contributed by atoms with van der Waals surface area (Å²) >= 11 is 6.32. The summed E-state index contributed by atoms with van der Waals surface area (Å²) in [5.41, 5.74) is 3.37. The molecule has 4 heteroatoms. The van der Waals surface area contributed by atoms with Gasteiger partial charge in [-0.3, -0.25) is 0 Å². The predicted octanol–water partition coefficient (Wildman–Crippen LogP) is 4.49. The molecule has 20 heavy (non-hydrogen) atoms. The van der Waals surface area contributed by atoms with E-state index in [1.54, 1.807) is 6.26 Å². The molecule has 3 nitrogen and oxygen atoms in total. The van der Waals surface area contributed by atoms with Crippen molar-refractivity contribution in [1.82, 2.24) is 0 Å². The number of furan rings is 1. The Morgan fingerprint density at radius 1 is 1.30 bits per heavy atom. The zero-order chi connectivity index (χ0) is 14.1. The number of rotatable bonds is 3. The molecule has 1 heterocycles. The fourth-order valence-electron chi connectivity index (χ4n) is 2.80. The quantitative estimate of drug-likeness (QED) is 0.903. The molecular weight excluding hydrogens is 272 g/mol. The van der Waals surface area contributed by atoms with Crippen molar-refractivity contribution < 1.29 is 4.42 Å².